The number of piperidine rings is 1. The summed E-state index contributed by atoms with van der Waals surface area (Å²) in [6, 6.07) is 0. The van der Waals surface area contributed by atoms with E-state index < -0.39 is 16.4 Å². The molecule has 0 radical (unpaired) electrons. The van der Waals surface area contributed by atoms with Gasteiger partial charge in [0.25, 0.3) is 0 Å². The smallest absolute Gasteiger partial charge is 0.735 e. The van der Waals surface area contributed by atoms with Crippen molar-refractivity contribution in [3.8, 4) is 0 Å². The molecule has 1 unspecified atom stereocenters. The minimum atomic E-state index is -4.45. The fourth-order valence-corrected chi connectivity index (χ4v) is 2.88. The van der Waals surface area contributed by atoms with E-state index in [1.54, 1.807) is 6.92 Å². The van der Waals surface area contributed by atoms with Gasteiger partial charge in [0, 0.05) is 19.6 Å². The Hall–Kier alpha value is 0.790. The van der Waals surface area contributed by atoms with Gasteiger partial charge in [0.2, 0.25) is 0 Å². The summed E-state index contributed by atoms with van der Waals surface area (Å²) >= 11 is 0. The molecule has 0 spiro atoms. The largest absolute Gasteiger partial charge is 1.00 e. The molecule has 1 rings (SSSR count). The molecule has 0 aromatic carbocycles. The number of likely N-dealkylation sites (N-methyl/N-ethyl adjacent to an activating group) is 1. The van der Waals surface area contributed by atoms with Crippen LogP contribution in [0.15, 0.2) is 0 Å². The van der Waals surface area contributed by atoms with Gasteiger partial charge in [0.15, 0.2) is 10.3 Å². The van der Waals surface area contributed by atoms with Crippen LogP contribution in [0.3, 0.4) is 0 Å². The minimum Gasteiger partial charge on any atom is -0.735 e. The number of rotatable bonds is 6. The van der Waals surface area contributed by atoms with Gasteiger partial charge in [0.1, 0.15) is 0 Å². The molecule has 1 heterocycles. The van der Waals surface area contributed by atoms with Gasteiger partial charge in [-0.3, -0.25) is 0 Å². The molecule has 1 fully saturated rings. The van der Waals surface area contributed by atoms with Crippen LogP contribution in [0, 0.1) is 5.92 Å². The van der Waals surface area contributed by atoms with Crippen molar-refractivity contribution in [3.63, 3.8) is 0 Å². The summed E-state index contributed by atoms with van der Waals surface area (Å²) in [6.07, 6.45) is 1.40. The first-order valence-corrected chi connectivity index (χ1v) is 7.80. The van der Waals surface area contributed by atoms with Gasteiger partial charge in [-0.25, -0.2) is 12.7 Å². The van der Waals surface area contributed by atoms with E-state index >= 15 is 0 Å². The molecule has 108 valence electrons. The molecule has 1 aliphatic heterocycles. The quantitative estimate of drug-likeness (QED) is 0.414. The summed E-state index contributed by atoms with van der Waals surface area (Å²) < 4.78 is 33.4. The van der Waals surface area contributed by atoms with Crippen LogP contribution in [0.5, 0.6) is 0 Å². The SMILES string of the molecule is CCN(CC(O)CN1CCC(C)CC1)S(=O)(=O)[O-].[Na+]. The van der Waals surface area contributed by atoms with Crippen molar-refractivity contribution in [1.82, 2.24) is 9.21 Å². The van der Waals surface area contributed by atoms with E-state index in [2.05, 4.69) is 11.8 Å². The number of likely N-dealkylation sites (tertiary alicyclic amines) is 1. The van der Waals surface area contributed by atoms with Crippen molar-refractivity contribution < 1.29 is 47.6 Å². The van der Waals surface area contributed by atoms with Crippen LogP contribution in [0.4, 0.5) is 0 Å². The van der Waals surface area contributed by atoms with Crippen LogP contribution in [0.2, 0.25) is 0 Å². The van der Waals surface area contributed by atoms with Crippen LogP contribution in [-0.4, -0.2) is 66.1 Å². The molecule has 0 amide bonds. The third kappa shape index (κ3) is 7.38. The monoisotopic (exact) mass is 302 g/mol. The third-order valence-corrected chi connectivity index (χ3v) is 4.47. The van der Waals surface area contributed by atoms with Crippen molar-refractivity contribution in [1.29, 1.82) is 0 Å². The summed E-state index contributed by atoms with van der Waals surface area (Å²) in [6.45, 7) is 6.05. The maximum Gasteiger partial charge on any atom is 1.00 e. The van der Waals surface area contributed by atoms with Crippen molar-refractivity contribution in [2.75, 3.05) is 32.7 Å². The molecule has 0 aromatic rings. The molecular weight excluding hydrogens is 279 g/mol. The molecule has 19 heavy (non-hydrogen) atoms. The predicted octanol–water partition coefficient (Wildman–Crippen LogP) is -3.13. The number of β-amino-alcohol motifs (C(OH)–C–C–N with tert-alkyl or cyclic N) is 1. The zero-order chi connectivity index (χ0) is 13.8. The van der Waals surface area contributed by atoms with E-state index in [0.29, 0.717) is 12.5 Å². The second kappa shape index (κ2) is 8.94. The van der Waals surface area contributed by atoms with Gasteiger partial charge in [-0.2, -0.15) is 0 Å². The normalized spacial score (nSPS) is 20.3. The molecule has 1 atom stereocenters. The van der Waals surface area contributed by atoms with E-state index in [0.717, 1.165) is 30.2 Å². The first-order chi connectivity index (χ1) is 8.32. The maximum absolute atomic E-state index is 10.9. The molecule has 1 aliphatic rings. The average Bonchev–Trinajstić information content (AvgIpc) is 2.27. The Labute approximate surface area is 138 Å². The van der Waals surface area contributed by atoms with Crippen molar-refractivity contribution in [2.45, 2.75) is 32.8 Å². The molecule has 8 heteroatoms. The first-order valence-electron chi connectivity index (χ1n) is 6.44. The molecule has 0 bridgehead atoms. The molecule has 6 nitrogen and oxygen atoms in total. The topological polar surface area (TPSA) is 83.9 Å². The third-order valence-electron chi connectivity index (χ3n) is 3.43. The number of hydrogen-bond acceptors (Lipinski definition) is 5. The van der Waals surface area contributed by atoms with Crippen molar-refractivity contribution >= 4 is 10.3 Å². The van der Waals surface area contributed by atoms with Crippen LogP contribution >= 0.6 is 0 Å². The van der Waals surface area contributed by atoms with Gasteiger partial charge in [0.05, 0.1) is 6.10 Å². The van der Waals surface area contributed by atoms with Gasteiger partial charge in [-0.05, 0) is 31.8 Å². The number of nitrogens with zero attached hydrogens (tertiary/aromatic N) is 2. The van der Waals surface area contributed by atoms with E-state index in [9.17, 15) is 18.1 Å². The number of hydrogen-bond donors (Lipinski definition) is 1. The van der Waals surface area contributed by atoms with Gasteiger partial charge >= 0.3 is 29.6 Å². The first kappa shape index (κ1) is 19.8. The molecule has 1 saturated heterocycles. The standard InChI is InChI=1S/C11H24N2O4S.Na/c1-3-13(18(15,16)17)9-11(14)8-12-6-4-10(2)5-7-12;/h10-11,14H,3-9H2,1-2H3,(H,15,16,17);/q;+1/p-1. The molecule has 1 N–H and O–H groups in total. The average molecular weight is 302 g/mol. The van der Waals surface area contributed by atoms with Gasteiger partial charge in [-0.1, -0.05) is 13.8 Å². The van der Waals surface area contributed by atoms with Gasteiger partial charge in [-0.15, -0.1) is 0 Å². The number of aliphatic hydroxyl groups is 1. The zero-order valence-electron chi connectivity index (χ0n) is 12.1. The van der Waals surface area contributed by atoms with Crippen LogP contribution < -0.4 is 29.6 Å². The zero-order valence-corrected chi connectivity index (χ0v) is 14.9. The van der Waals surface area contributed by atoms with Crippen LogP contribution in [0.25, 0.3) is 0 Å². The van der Waals surface area contributed by atoms with Crippen LogP contribution in [0.1, 0.15) is 26.7 Å². The number of aliphatic hydroxyl groups excluding tert-OH is 1. The Morgan fingerprint density at radius 1 is 1.42 bits per heavy atom. The molecule has 0 aromatic heterocycles. The molecule has 0 aliphatic carbocycles. The van der Waals surface area contributed by atoms with Crippen molar-refractivity contribution in [2.24, 2.45) is 5.92 Å². The Morgan fingerprint density at radius 2 is 1.95 bits per heavy atom. The Bertz CT molecular complexity index is 345. The minimum absolute atomic E-state index is 0. The summed E-state index contributed by atoms with van der Waals surface area (Å²) in [4.78, 5) is 2.12. The Balaban J connectivity index is 0.00000324. The predicted molar refractivity (Wildman–Crippen MR) is 67.8 cm³/mol. The van der Waals surface area contributed by atoms with E-state index in [1.807, 2.05) is 0 Å². The van der Waals surface area contributed by atoms with Crippen LogP contribution in [-0.2, 0) is 10.3 Å². The summed E-state index contributed by atoms with van der Waals surface area (Å²) in [5, 5.41) is 9.85. The van der Waals surface area contributed by atoms with E-state index in [1.165, 1.54) is 0 Å². The second-order valence-corrected chi connectivity index (χ2v) is 6.42. The Kier molecular flexibility index (Phi) is 9.31. The second-order valence-electron chi connectivity index (χ2n) is 5.05. The maximum atomic E-state index is 10.9. The summed E-state index contributed by atoms with van der Waals surface area (Å²) in [7, 11) is -4.45. The Morgan fingerprint density at radius 3 is 2.37 bits per heavy atom. The molecule has 0 saturated carbocycles. The summed E-state index contributed by atoms with van der Waals surface area (Å²) in [5.74, 6) is 0.715. The van der Waals surface area contributed by atoms with Crippen molar-refractivity contribution in [3.05, 3.63) is 0 Å². The van der Waals surface area contributed by atoms with Gasteiger partial charge < -0.3 is 14.6 Å². The van der Waals surface area contributed by atoms with E-state index in [4.69, 9.17) is 0 Å². The fourth-order valence-electron chi connectivity index (χ4n) is 2.21. The summed E-state index contributed by atoms with van der Waals surface area (Å²) in [5.41, 5.74) is 0. The van der Waals surface area contributed by atoms with E-state index in [-0.39, 0.29) is 42.6 Å². The molecular formula is C11H23N2NaO4S. The fraction of sp³-hybridized carbons (Fsp3) is 1.00.